The molecule has 5 heteroatoms. The summed E-state index contributed by atoms with van der Waals surface area (Å²) in [5, 5.41) is 0. The van der Waals surface area contributed by atoms with E-state index in [1.54, 1.807) is 6.26 Å². The largest absolute Gasteiger partial charge is 0.472 e. The highest BCUT2D eigenvalue weighted by Gasteiger charge is 2.50. The van der Waals surface area contributed by atoms with Crippen LogP contribution in [0.15, 0.2) is 23.0 Å². The van der Waals surface area contributed by atoms with E-state index in [4.69, 9.17) is 18.6 Å². The first-order valence-electron chi connectivity index (χ1n) is 8.81. The summed E-state index contributed by atoms with van der Waals surface area (Å²) in [5.41, 5.74) is 1.44. The molecular formula is C18H27NO4. The molecule has 0 spiro atoms. The van der Waals surface area contributed by atoms with Crippen LogP contribution >= 0.6 is 0 Å². The third-order valence-corrected chi connectivity index (χ3v) is 5.66. The Bertz CT molecular complexity index is 485. The molecule has 5 nitrogen and oxygen atoms in total. The van der Waals surface area contributed by atoms with Gasteiger partial charge in [-0.3, -0.25) is 4.90 Å². The molecule has 0 aliphatic carbocycles. The maximum Gasteiger partial charge on any atom is 0.0947 e. The molecule has 2 atom stereocenters. The van der Waals surface area contributed by atoms with Crippen LogP contribution in [0.2, 0.25) is 0 Å². The van der Waals surface area contributed by atoms with Crippen LogP contribution in [0.1, 0.15) is 18.4 Å². The number of nitrogens with zero attached hydrogens (tertiary/aromatic N) is 1. The third-order valence-electron chi connectivity index (χ3n) is 5.66. The van der Waals surface area contributed by atoms with Gasteiger partial charge in [0.15, 0.2) is 0 Å². The molecule has 1 aromatic rings. The van der Waals surface area contributed by atoms with Gasteiger partial charge in [-0.25, -0.2) is 0 Å². The number of rotatable bonds is 6. The predicted octanol–water partition coefficient (Wildman–Crippen LogP) is 2.17. The Hall–Kier alpha value is -0.880. The Labute approximate surface area is 137 Å². The Balaban J connectivity index is 1.30. The van der Waals surface area contributed by atoms with Crippen molar-refractivity contribution in [2.45, 2.75) is 19.4 Å². The maximum absolute atomic E-state index is 6.16. The van der Waals surface area contributed by atoms with Gasteiger partial charge >= 0.3 is 0 Å². The van der Waals surface area contributed by atoms with Gasteiger partial charge in [-0.05, 0) is 24.8 Å². The van der Waals surface area contributed by atoms with Crippen LogP contribution in [-0.2, 0) is 20.8 Å². The summed E-state index contributed by atoms with van der Waals surface area (Å²) < 4.78 is 22.6. The number of hydrogen-bond acceptors (Lipinski definition) is 5. The maximum atomic E-state index is 6.16. The minimum atomic E-state index is 0.189. The zero-order valence-electron chi connectivity index (χ0n) is 13.7. The molecule has 0 aromatic carbocycles. The normalized spacial score (nSPS) is 32.4. The summed E-state index contributed by atoms with van der Waals surface area (Å²) >= 11 is 0. The van der Waals surface area contributed by atoms with Crippen LogP contribution in [0.25, 0.3) is 0 Å². The number of hydrogen-bond donors (Lipinski definition) is 0. The van der Waals surface area contributed by atoms with Crippen molar-refractivity contribution in [3.05, 3.63) is 24.2 Å². The topological polar surface area (TPSA) is 44.1 Å². The molecule has 23 heavy (non-hydrogen) atoms. The summed E-state index contributed by atoms with van der Waals surface area (Å²) in [5.74, 6) is 1.27. The second kappa shape index (κ2) is 6.93. The summed E-state index contributed by atoms with van der Waals surface area (Å²) in [6, 6.07) is 2.05. The molecule has 3 fully saturated rings. The van der Waals surface area contributed by atoms with Crippen molar-refractivity contribution in [3.8, 4) is 0 Å². The Morgan fingerprint density at radius 1 is 1.26 bits per heavy atom. The lowest BCUT2D eigenvalue weighted by Crippen LogP contribution is -2.36. The Morgan fingerprint density at radius 2 is 2.17 bits per heavy atom. The van der Waals surface area contributed by atoms with E-state index in [-0.39, 0.29) is 5.41 Å². The van der Waals surface area contributed by atoms with E-state index < -0.39 is 0 Å². The van der Waals surface area contributed by atoms with E-state index in [9.17, 15) is 0 Å². The fourth-order valence-corrected chi connectivity index (χ4v) is 4.25. The third kappa shape index (κ3) is 3.48. The average Bonchev–Trinajstić information content (AvgIpc) is 3.25. The van der Waals surface area contributed by atoms with Crippen LogP contribution < -0.4 is 0 Å². The van der Waals surface area contributed by atoms with Gasteiger partial charge in [0.05, 0.1) is 32.3 Å². The van der Waals surface area contributed by atoms with E-state index >= 15 is 0 Å². The first-order chi connectivity index (χ1) is 11.3. The van der Waals surface area contributed by atoms with Crippen LogP contribution in [0.3, 0.4) is 0 Å². The number of likely N-dealkylation sites (tertiary alicyclic amines) is 1. The number of fused-ring (bicyclic) bond motifs is 1. The molecule has 3 aliphatic rings. The fourth-order valence-electron chi connectivity index (χ4n) is 4.25. The van der Waals surface area contributed by atoms with Crippen LogP contribution in [0, 0.1) is 17.3 Å². The van der Waals surface area contributed by atoms with Gasteiger partial charge in [-0.15, -0.1) is 0 Å². The summed E-state index contributed by atoms with van der Waals surface area (Å²) in [4.78, 5) is 2.52. The molecule has 1 aromatic heterocycles. The molecule has 0 amide bonds. The monoisotopic (exact) mass is 321 g/mol. The zero-order valence-corrected chi connectivity index (χ0v) is 13.7. The average molecular weight is 321 g/mol. The highest BCUT2D eigenvalue weighted by atomic mass is 16.5. The van der Waals surface area contributed by atoms with Gasteiger partial charge in [0.25, 0.3) is 0 Å². The molecule has 3 saturated heterocycles. The quantitative estimate of drug-likeness (QED) is 0.803. The predicted molar refractivity (Wildman–Crippen MR) is 85.1 cm³/mol. The second-order valence-electron chi connectivity index (χ2n) is 7.45. The number of furan rings is 1. The lowest BCUT2D eigenvalue weighted by Gasteiger charge is -2.29. The van der Waals surface area contributed by atoms with Crippen molar-refractivity contribution in [2.75, 3.05) is 52.7 Å². The summed E-state index contributed by atoms with van der Waals surface area (Å²) in [7, 11) is 0. The second-order valence-corrected chi connectivity index (χ2v) is 7.45. The van der Waals surface area contributed by atoms with Gasteiger partial charge in [0.2, 0.25) is 0 Å². The summed E-state index contributed by atoms with van der Waals surface area (Å²) in [6.07, 6.45) is 5.88. The SMILES string of the molecule is c1cc(CN2C[C@H]3COC[C@@]3(COCC3CCOCC3)C2)co1. The minimum Gasteiger partial charge on any atom is -0.472 e. The van der Waals surface area contributed by atoms with E-state index in [2.05, 4.69) is 11.0 Å². The van der Waals surface area contributed by atoms with E-state index in [1.807, 2.05) is 6.26 Å². The van der Waals surface area contributed by atoms with Crippen molar-refractivity contribution in [1.82, 2.24) is 4.90 Å². The molecule has 0 N–H and O–H groups in total. The molecule has 0 saturated carbocycles. The van der Waals surface area contributed by atoms with Crippen LogP contribution in [0.5, 0.6) is 0 Å². The zero-order chi connectivity index (χ0) is 15.5. The molecule has 4 heterocycles. The molecule has 0 unspecified atom stereocenters. The van der Waals surface area contributed by atoms with E-state index in [1.165, 1.54) is 5.56 Å². The van der Waals surface area contributed by atoms with Crippen LogP contribution in [-0.4, -0.2) is 57.6 Å². The summed E-state index contributed by atoms with van der Waals surface area (Å²) in [6.45, 7) is 8.34. The van der Waals surface area contributed by atoms with E-state index in [0.717, 1.165) is 72.1 Å². The Kier molecular flexibility index (Phi) is 4.71. The lowest BCUT2D eigenvalue weighted by molar-refractivity contribution is -0.0157. The Morgan fingerprint density at radius 3 is 3.00 bits per heavy atom. The number of ether oxygens (including phenoxy) is 3. The van der Waals surface area contributed by atoms with Gasteiger partial charge in [0.1, 0.15) is 0 Å². The van der Waals surface area contributed by atoms with Gasteiger partial charge < -0.3 is 18.6 Å². The van der Waals surface area contributed by atoms with Crippen LogP contribution in [0.4, 0.5) is 0 Å². The lowest BCUT2D eigenvalue weighted by atomic mass is 9.82. The van der Waals surface area contributed by atoms with E-state index in [0.29, 0.717) is 11.8 Å². The molecule has 0 radical (unpaired) electrons. The molecular weight excluding hydrogens is 294 g/mol. The molecule has 3 aliphatic heterocycles. The van der Waals surface area contributed by atoms with Gasteiger partial charge in [-0.2, -0.15) is 0 Å². The fraction of sp³-hybridized carbons (Fsp3) is 0.778. The van der Waals surface area contributed by atoms with Gasteiger partial charge in [0, 0.05) is 56.4 Å². The first kappa shape index (κ1) is 15.6. The standard InChI is InChI=1S/C18H27NO4/c1-4-20-5-2-15(1)9-22-13-18-12-19(7-16-3-6-21-10-16)8-17(18)11-23-14-18/h3,6,10,15,17H,1-2,4-5,7-9,11-14H2/t17-,18-/m0/s1. The smallest absolute Gasteiger partial charge is 0.0947 e. The molecule has 0 bridgehead atoms. The highest BCUT2D eigenvalue weighted by molar-refractivity contribution is 5.08. The van der Waals surface area contributed by atoms with Gasteiger partial charge in [-0.1, -0.05) is 0 Å². The minimum absolute atomic E-state index is 0.189. The molecule has 4 rings (SSSR count). The van der Waals surface area contributed by atoms with Crippen molar-refractivity contribution >= 4 is 0 Å². The van der Waals surface area contributed by atoms with Crippen molar-refractivity contribution in [1.29, 1.82) is 0 Å². The first-order valence-corrected chi connectivity index (χ1v) is 8.81. The van der Waals surface area contributed by atoms with Crippen molar-refractivity contribution < 1.29 is 18.6 Å². The highest BCUT2D eigenvalue weighted by Crippen LogP contribution is 2.42. The molecule has 128 valence electrons. The van der Waals surface area contributed by atoms with Crippen molar-refractivity contribution in [3.63, 3.8) is 0 Å². The van der Waals surface area contributed by atoms with Crippen molar-refractivity contribution in [2.24, 2.45) is 17.3 Å².